The van der Waals surface area contributed by atoms with E-state index in [2.05, 4.69) is 0 Å². The smallest absolute Gasteiger partial charge is 0.316 e. The predicted octanol–water partition coefficient (Wildman–Crippen LogP) is 2.07. The number of carbonyl (C=O) groups is 1. The van der Waals surface area contributed by atoms with Crippen LogP contribution in [0.3, 0.4) is 0 Å². The van der Waals surface area contributed by atoms with Crippen molar-refractivity contribution in [2.75, 3.05) is 14.2 Å². The quantitative estimate of drug-likeness (QED) is 0.716. The molecule has 1 aromatic rings. The highest BCUT2D eigenvalue weighted by atomic mass is 16.5. The van der Waals surface area contributed by atoms with Crippen LogP contribution in [-0.2, 0) is 21.4 Å². The minimum absolute atomic E-state index is 0.156. The molecule has 3 nitrogen and oxygen atoms in total. The monoisotopic (exact) mass is 220 g/mol. The van der Waals surface area contributed by atoms with Crippen LogP contribution in [0.2, 0.25) is 0 Å². The molecular weight excluding hydrogens is 204 g/mol. The summed E-state index contributed by atoms with van der Waals surface area (Å²) < 4.78 is 10.1. The van der Waals surface area contributed by atoms with E-state index in [9.17, 15) is 4.79 Å². The molecule has 0 bridgehead atoms. The molecule has 86 valence electrons. The molecule has 1 aromatic carbocycles. The second-order valence-electron chi connectivity index (χ2n) is 4.35. The summed E-state index contributed by atoms with van der Waals surface area (Å²) in [6.07, 6.45) is 1.71. The summed E-state index contributed by atoms with van der Waals surface area (Å²) in [6, 6.07) is 5.87. The lowest BCUT2D eigenvalue weighted by Crippen LogP contribution is -2.31. The first-order valence-corrected chi connectivity index (χ1v) is 5.37. The fourth-order valence-electron chi connectivity index (χ4n) is 2.40. The van der Waals surface area contributed by atoms with Gasteiger partial charge in [0.05, 0.1) is 19.6 Å². The van der Waals surface area contributed by atoms with Gasteiger partial charge < -0.3 is 9.47 Å². The summed E-state index contributed by atoms with van der Waals surface area (Å²) in [5, 5.41) is 0. The maximum atomic E-state index is 11.8. The van der Waals surface area contributed by atoms with Crippen molar-refractivity contribution in [3.05, 3.63) is 29.3 Å². The first-order chi connectivity index (χ1) is 7.61. The van der Waals surface area contributed by atoms with Crippen molar-refractivity contribution in [2.45, 2.75) is 25.2 Å². The lowest BCUT2D eigenvalue weighted by Gasteiger charge is -2.22. The minimum Gasteiger partial charge on any atom is -0.497 e. The number of carbonyl (C=O) groups excluding carboxylic acids is 1. The molecule has 0 spiro atoms. The zero-order valence-corrected chi connectivity index (χ0v) is 9.87. The number of rotatable bonds is 2. The van der Waals surface area contributed by atoms with E-state index in [1.54, 1.807) is 7.11 Å². The van der Waals surface area contributed by atoms with Crippen molar-refractivity contribution in [1.82, 2.24) is 0 Å². The molecule has 2 rings (SSSR count). The van der Waals surface area contributed by atoms with E-state index in [4.69, 9.17) is 9.47 Å². The van der Waals surface area contributed by atoms with Gasteiger partial charge in [-0.3, -0.25) is 4.79 Å². The summed E-state index contributed by atoms with van der Waals surface area (Å²) in [7, 11) is 3.09. The number of hydrogen-bond donors (Lipinski definition) is 0. The van der Waals surface area contributed by atoms with Gasteiger partial charge in [-0.25, -0.2) is 0 Å². The molecule has 1 atom stereocenters. The number of esters is 1. The molecule has 0 saturated heterocycles. The number of aryl methyl sites for hydroxylation is 1. The van der Waals surface area contributed by atoms with Crippen molar-refractivity contribution in [2.24, 2.45) is 0 Å². The Labute approximate surface area is 95.4 Å². The molecule has 0 aromatic heterocycles. The summed E-state index contributed by atoms with van der Waals surface area (Å²) in [5.41, 5.74) is 1.77. The molecule has 0 heterocycles. The first kappa shape index (κ1) is 11.0. The van der Waals surface area contributed by atoms with Crippen molar-refractivity contribution < 1.29 is 14.3 Å². The van der Waals surface area contributed by atoms with Gasteiger partial charge in [-0.15, -0.1) is 0 Å². The van der Waals surface area contributed by atoms with Gasteiger partial charge in [0.15, 0.2) is 0 Å². The van der Waals surface area contributed by atoms with Crippen molar-refractivity contribution >= 4 is 5.97 Å². The van der Waals surface area contributed by atoms with Gasteiger partial charge >= 0.3 is 5.97 Å². The molecule has 0 unspecified atom stereocenters. The number of benzene rings is 1. The fourth-order valence-corrected chi connectivity index (χ4v) is 2.40. The van der Waals surface area contributed by atoms with E-state index in [0.717, 1.165) is 24.2 Å². The molecule has 0 aliphatic heterocycles. The molecule has 0 amide bonds. The third-order valence-electron chi connectivity index (χ3n) is 3.44. The van der Waals surface area contributed by atoms with Gasteiger partial charge in [-0.2, -0.15) is 0 Å². The zero-order chi connectivity index (χ0) is 11.8. The fraction of sp³-hybridized carbons (Fsp3) is 0.462. The van der Waals surface area contributed by atoms with Crippen molar-refractivity contribution in [1.29, 1.82) is 0 Å². The third-order valence-corrected chi connectivity index (χ3v) is 3.44. The van der Waals surface area contributed by atoms with E-state index in [-0.39, 0.29) is 5.97 Å². The second-order valence-corrected chi connectivity index (χ2v) is 4.35. The molecule has 0 radical (unpaired) electrons. The van der Waals surface area contributed by atoms with Crippen LogP contribution in [-0.4, -0.2) is 20.2 Å². The van der Waals surface area contributed by atoms with Crippen LogP contribution < -0.4 is 4.74 Å². The maximum absolute atomic E-state index is 11.8. The highest BCUT2D eigenvalue weighted by Gasteiger charge is 2.42. The lowest BCUT2D eigenvalue weighted by atomic mass is 9.84. The Hall–Kier alpha value is -1.51. The SMILES string of the molecule is COC(=O)[C@@]1(C)CCc2cc(OC)ccc21. The zero-order valence-electron chi connectivity index (χ0n) is 9.87. The molecule has 1 aliphatic carbocycles. The van der Waals surface area contributed by atoms with Crippen molar-refractivity contribution in [3.63, 3.8) is 0 Å². The molecular formula is C13H16O3. The standard InChI is InChI=1S/C13H16O3/c1-13(12(14)16-3)7-6-9-8-10(15-2)4-5-11(9)13/h4-5,8H,6-7H2,1-3H3/t13-/m0/s1. The van der Waals surface area contributed by atoms with E-state index in [0.29, 0.717) is 0 Å². The van der Waals surface area contributed by atoms with E-state index in [1.165, 1.54) is 12.7 Å². The van der Waals surface area contributed by atoms with Crippen LogP contribution in [0.25, 0.3) is 0 Å². The minimum atomic E-state index is -0.490. The normalized spacial score (nSPS) is 22.7. The van der Waals surface area contributed by atoms with E-state index >= 15 is 0 Å². The number of methoxy groups -OCH3 is 2. The van der Waals surface area contributed by atoms with Crippen LogP contribution >= 0.6 is 0 Å². The number of ether oxygens (including phenoxy) is 2. The summed E-state index contributed by atoms with van der Waals surface area (Å²) in [6.45, 7) is 1.94. The number of hydrogen-bond acceptors (Lipinski definition) is 3. The Balaban J connectivity index is 2.44. The molecule has 0 fully saturated rings. The van der Waals surface area contributed by atoms with Gasteiger partial charge in [0, 0.05) is 0 Å². The first-order valence-electron chi connectivity index (χ1n) is 5.37. The highest BCUT2D eigenvalue weighted by molar-refractivity contribution is 5.84. The average molecular weight is 220 g/mol. The lowest BCUT2D eigenvalue weighted by molar-refractivity contribution is -0.146. The topological polar surface area (TPSA) is 35.5 Å². The number of fused-ring (bicyclic) bond motifs is 1. The Morgan fingerprint density at radius 1 is 1.38 bits per heavy atom. The summed E-state index contributed by atoms with van der Waals surface area (Å²) >= 11 is 0. The molecule has 16 heavy (non-hydrogen) atoms. The van der Waals surface area contributed by atoms with Gasteiger partial charge in [0.2, 0.25) is 0 Å². The average Bonchev–Trinajstić information content (AvgIpc) is 2.66. The van der Waals surface area contributed by atoms with Crippen LogP contribution in [0.5, 0.6) is 5.75 Å². The Bertz CT molecular complexity index is 425. The van der Waals surface area contributed by atoms with Gasteiger partial charge in [0.25, 0.3) is 0 Å². The van der Waals surface area contributed by atoms with Gasteiger partial charge in [0.1, 0.15) is 5.75 Å². The molecule has 0 N–H and O–H groups in total. The van der Waals surface area contributed by atoms with Gasteiger partial charge in [-0.05, 0) is 43.0 Å². The van der Waals surface area contributed by atoms with Crippen LogP contribution in [0.15, 0.2) is 18.2 Å². The Kier molecular flexibility index (Phi) is 2.62. The van der Waals surface area contributed by atoms with Crippen LogP contribution in [0.1, 0.15) is 24.5 Å². The summed E-state index contributed by atoms with van der Waals surface area (Å²) in [5.74, 6) is 0.685. The molecule has 0 saturated carbocycles. The maximum Gasteiger partial charge on any atom is 0.316 e. The Morgan fingerprint density at radius 3 is 2.75 bits per heavy atom. The molecule has 1 aliphatic rings. The second kappa shape index (κ2) is 3.81. The van der Waals surface area contributed by atoms with Gasteiger partial charge in [-0.1, -0.05) is 6.07 Å². The van der Waals surface area contributed by atoms with Crippen LogP contribution in [0.4, 0.5) is 0 Å². The largest absolute Gasteiger partial charge is 0.497 e. The third kappa shape index (κ3) is 1.47. The van der Waals surface area contributed by atoms with Crippen molar-refractivity contribution in [3.8, 4) is 5.75 Å². The van der Waals surface area contributed by atoms with E-state index in [1.807, 2.05) is 25.1 Å². The molecule has 3 heteroatoms. The van der Waals surface area contributed by atoms with E-state index < -0.39 is 5.41 Å². The van der Waals surface area contributed by atoms with Crippen LogP contribution in [0, 0.1) is 0 Å². The summed E-state index contributed by atoms with van der Waals surface area (Å²) in [4.78, 5) is 11.8. The predicted molar refractivity (Wildman–Crippen MR) is 60.7 cm³/mol. The highest BCUT2D eigenvalue weighted by Crippen LogP contribution is 2.40. The Morgan fingerprint density at radius 2 is 2.12 bits per heavy atom.